The first-order valence-electron chi connectivity index (χ1n) is 5.96. The Hall–Kier alpha value is -1.35. The zero-order chi connectivity index (χ0) is 13.1. The molecule has 3 nitrogen and oxygen atoms in total. The molecule has 1 unspecified atom stereocenters. The minimum absolute atomic E-state index is 0.00254. The van der Waals surface area contributed by atoms with Gasteiger partial charge in [0.15, 0.2) is 0 Å². The van der Waals surface area contributed by atoms with Crippen LogP contribution in [0.4, 0.5) is 5.69 Å². The normalized spacial score (nSPS) is 13.2. The van der Waals surface area contributed by atoms with Gasteiger partial charge in [0, 0.05) is 11.1 Å². The van der Waals surface area contributed by atoms with Gasteiger partial charge in [0.2, 0.25) is 5.91 Å². The molecule has 1 rings (SSSR count). The highest BCUT2D eigenvalue weighted by Crippen LogP contribution is 2.23. The maximum absolute atomic E-state index is 12.0. The van der Waals surface area contributed by atoms with Gasteiger partial charge in [0.25, 0.3) is 0 Å². The van der Waals surface area contributed by atoms with Gasteiger partial charge in [-0.1, -0.05) is 32.9 Å². The van der Waals surface area contributed by atoms with Crippen LogP contribution in [-0.2, 0) is 4.79 Å². The molecule has 0 aliphatic heterocycles. The number of rotatable bonds is 4. The molecule has 1 atom stereocenters. The van der Waals surface area contributed by atoms with Crippen molar-refractivity contribution in [3.8, 4) is 0 Å². The minimum atomic E-state index is -0.522. The number of anilines is 1. The maximum Gasteiger partial charge on any atom is 0.230 e. The van der Waals surface area contributed by atoms with E-state index in [9.17, 15) is 9.90 Å². The fraction of sp³-hybridized carbons (Fsp3) is 0.500. The number of carbonyl (C=O) groups excluding carboxylic acids is 1. The number of amides is 1. The smallest absolute Gasteiger partial charge is 0.230 e. The first kappa shape index (κ1) is 13.7. The predicted octanol–water partition coefficient (Wildman–Crippen LogP) is 3.11. The van der Waals surface area contributed by atoms with Crippen LogP contribution < -0.4 is 5.32 Å². The number of nitrogens with one attached hydrogen (secondary N) is 1. The molecule has 2 N–H and O–H groups in total. The molecule has 3 heteroatoms. The number of aliphatic hydroxyl groups is 1. The van der Waals surface area contributed by atoms with Crippen molar-refractivity contribution in [2.24, 2.45) is 5.41 Å². The Labute approximate surface area is 103 Å². The van der Waals surface area contributed by atoms with Gasteiger partial charge in [-0.05, 0) is 31.0 Å². The van der Waals surface area contributed by atoms with E-state index >= 15 is 0 Å². The topological polar surface area (TPSA) is 49.3 Å². The molecular weight excluding hydrogens is 214 g/mol. The molecule has 0 radical (unpaired) electrons. The Morgan fingerprint density at radius 1 is 1.47 bits per heavy atom. The lowest BCUT2D eigenvalue weighted by Crippen LogP contribution is -2.30. The van der Waals surface area contributed by atoms with Crippen LogP contribution in [0.1, 0.15) is 45.8 Å². The molecule has 94 valence electrons. The average molecular weight is 235 g/mol. The van der Waals surface area contributed by atoms with Gasteiger partial charge in [-0.3, -0.25) is 4.79 Å². The molecule has 1 amide bonds. The van der Waals surface area contributed by atoms with E-state index in [0.29, 0.717) is 0 Å². The molecule has 0 aromatic heterocycles. The SMILES string of the molecule is CCC(C)(C)C(=O)Nc1cccc(C(C)O)c1. The van der Waals surface area contributed by atoms with E-state index in [1.54, 1.807) is 13.0 Å². The van der Waals surface area contributed by atoms with Crippen molar-refractivity contribution >= 4 is 11.6 Å². The summed E-state index contributed by atoms with van der Waals surface area (Å²) < 4.78 is 0. The Morgan fingerprint density at radius 2 is 2.12 bits per heavy atom. The zero-order valence-electron chi connectivity index (χ0n) is 10.9. The minimum Gasteiger partial charge on any atom is -0.389 e. The lowest BCUT2D eigenvalue weighted by Gasteiger charge is -2.21. The summed E-state index contributed by atoms with van der Waals surface area (Å²) in [6.07, 6.45) is 0.264. The van der Waals surface area contributed by atoms with Crippen molar-refractivity contribution in [1.82, 2.24) is 0 Å². The number of hydrogen-bond donors (Lipinski definition) is 2. The second-order valence-corrected chi connectivity index (χ2v) is 4.99. The van der Waals surface area contributed by atoms with Crippen LogP contribution in [0.5, 0.6) is 0 Å². The van der Waals surface area contributed by atoms with E-state index in [1.807, 2.05) is 39.0 Å². The van der Waals surface area contributed by atoms with Crippen molar-refractivity contribution < 1.29 is 9.90 Å². The molecule has 0 saturated carbocycles. The third-order valence-electron chi connectivity index (χ3n) is 3.13. The third-order valence-corrected chi connectivity index (χ3v) is 3.13. The van der Waals surface area contributed by atoms with E-state index in [4.69, 9.17) is 0 Å². The van der Waals surface area contributed by atoms with Crippen LogP contribution in [0.25, 0.3) is 0 Å². The Morgan fingerprint density at radius 3 is 2.65 bits per heavy atom. The molecule has 0 heterocycles. The van der Waals surface area contributed by atoms with E-state index in [-0.39, 0.29) is 11.3 Å². The lowest BCUT2D eigenvalue weighted by molar-refractivity contribution is -0.124. The van der Waals surface area contributed by atoms with E-state index < -0.39 is 6.10 Å². The highest BCUT2D eigenvalue weighted by Gasteiger charge is 2.25. The van der Waals surface area contributed by atoms with Crippen molar-refractivity contribution in [3.63, 3.8) is 0 Å². The number of aliphatic hydroxyl groups excluding tert-OH is 1. The molecule has 0 aliphatic carbocycles. The molecule has 1 aromatic carbocycles. The quantitative estimate of drug-likeness (QED) is 0.842. The second kappa shape index (κ2) is 5.32. The first-order chi connectivity index (χ1) is 7.86. The average Bonchev–Trinajstić information content (AvgIpc) is 2.29. The van der Waals surface area contributed by atoms with E-state index in [1.165, 1.54) is 0 Å². The monoisotopic (exact) mass is 235 g/mol. The largest absolute Gasteiger partial charge is 0.389 e. The summed E-state index contributed by atoms with van der Waals surface area (Å²) in [5, 5.41) is 12.4. The standard InChI is InChI=1S/C14H21NO2/c1-5-14(3,4)13(17)15-12-8-6-7-11(9-12)10(2)16/h6-10,16H,5H2,1-4H3,(H,15,17). The highest BCUT2D eigenvalue weighted by molar-refractivity contribution is 5.94. The van der Waals surface area contributed by atoms with Crippen LogP contribution in [0.2, 0.25) is 0 Å². The van der Waals surface area contributed by atoms with Crippen LogP contribution in [-0.4, -0.2) is 11.0 Å². The summed E-state index contributed by atoms with van der Waals surface area (Å²) in [4.78, 5) is 12.0. The van der Waals surface area contributed by atoms with Crippen molar-refractivity contribution in [2.75, 3.05) is 5.32 Å². The van der Waals surface area contributed by atoms with Crippen LogP contribution in [0.3, 0.4) is 0 Å². The summed E-state index contributed by atoms with van der Waals surface area (Å²) in [5.74, 6) is 0.00254. The van der Waals surface area contributed by atoms with Crippen LogP contribution >= 0.6 is 0 Å². The molecule has 0 spiro atoms. The first-order valence-corrected chi connectivity index (χ1v) is 5.96. The Balaban J connectivity index is 2.82. The van der Waals surface area contributed by atoms with Gasteiger partial charge >= 0.3 is 0 Å². The van der Waals surface area contributed by atoms with Gasteiger partial charge in [-0.15, -0.1) is 0 Å². The molecular formula is C14H21NO2. The number of benzene rings is 1. The van der Waals surface area contributed by atoms with Gasteiger partial charge in [0.05, 0.1) is 6.10 Å². The van der Waals surface area contributed by atoms with Gasteiger partial charge in [-0.25, -0.2) is 0 Å². The summed E-state index contributed by atoms with van der Waals surface area (Å²) in [7, 11) is 0. The summed E-state index contributed by atoms with van der Waals surface area (Å²) in [6.45, 7) is 7.53. The van der Waals surface area contributed by atoms with Gasteiger partial charge in [-0.2, -0.15) is 0 Å². The fourth-order valence-corrected chi connectivity index (χ4v) is 1.34. The zero-order valence-corrected chi connectivity index (χ0v) is 10.9. The third kappa shape index (κ3) is 3.56. The molecule has 0 aliphatic rings. The molecule has 0 bridgehead atoms. The van der Waals surface area contributed by atoms with Gasteiger partial charge in [0.1, 0.15) is 0 Å². The summed E-state index contributed by atoms with van der Waals surface area (Å²) in [6, 6.07) is 7.30. The predicted molar refractivity (Wildman–Crippen MR) is 69.8 cm³/mol. The Bertz CT molecular complexity index is 397. The van der Waals surface area contributed by atoms with Crippen LogP contribution in [0.15, 0.2) is 24.3 Å². The van der Waals surface area contributed by atoms with E-state index in [2.05, 4.69) is 5.32 Å². The Kier molecular flexibility index (Phi) is 4.29. The van der Waals surface area contributed by atoms with Gasteiger partial charge < -0.3 is 10.4 Å². The summed E-state index contributed by atoms with van der Waals surface area (Å²) in [5.41, 5.74) is 1.16. The molecule has 0 saturated heterocycles. The fourth-order valence-electron chi connectivity index (χ4n) is 1.34. The molecule has 17 heavy (non-hydrogen) atoms. The van der Waals surface area contributed by atoms with Crippen molar-refractivity contribution in [3.05, 3.63) is 29.8 Å². The molecule has 1 aromatic rings. The second-order valence-electron chi connectivity index (χ2n) is 4.99. The highest BCUT2D eigenvalue weighted by atomic mass is 16.3. The van der Waals surface area contributed by atoms with Crippen LogP contribution in [0, 0.1) is 5.41 Å². The molecule has 0 fully saturated rings. The van der Waals surface area contributed by atoms with E-state index in [0.717, 1.165) is 17.7 Å². The van der Waals surface area contributed by atoms with Crippen molar-refractivity contribution in [1.29, 1.82) is 0 Å². The van der Waals surface area contributed by atoms with Crippen molar-refractivity contribution in [2.45, 2.75) is 40.2 Å². The number of hydrogen-bond acceptors (Lipinski definition) is 2. The maximum atomic E-state index is 12.0. The summed E-state index contributed by atoms with van der Waals surface area (Å²) >= 11 is 0. The number of carbonyl (C=O) groups is 1. The lowest BCUT2D eigenvalue weighted by atomic mass is 9.89.